The molecule has 0 bridgehead atoms. The first-order valence-electron chi connectivity index (χ1n) is 6.35. The summed E-state index contributed by atoms with van der Waals surface area (Å²) in [5, 5.41) is 1.14. The van der Waals surface area contributed by atoms with Gasteiger partial charge in [-0.2, -0.15) is 0 Å². The molecule has 0 aliphatic heterocycles. The summed E-state index contributed by atoms with van der Waals surface area (Å²) < 4.78 is 1.13. The third-order valence-corrected chi connectivity index (χ3v) is 4.42. The number of anilines is 1. The molecule has 1 heterocycles. The highest BCUT2D eigenvalue weighted by Gasteiger charge is 2.14. The van der Waals surface area contributed by atoms with Gasteiger partial charge in [-0.1, -0.05) is 36.4 Å². The first kappa shape index (κ1) is 12.7. The van der Waals surface area contributed by atoms with Crippen LogP contribution >= 0.6 is 11.3 Å². The number of para-hydroxylation sites is 1. The van der Waals surface area contributed by atoms with Crippen LogP contribution in [0.2, 0.25) is 0 Å². The highest BCUT2D eigenvalue weighted by Crippen LogP contribution is 2.30. The van der Waals surface area contributed by atoms with Crippen molar-refractivity contribution in [2.75, 3.05) is 5.43 Å². The Morgan fingerprint density at radius 3 is 2.45 bits per heavy atom. The van der Waals surface area contributed by atoms with E-state index in [4.69, 9.17) is 0 Å². The second kappa shape index (κ2) is 5.35. The third-order valence-electron chi connectivity index (χ3n) is 3.14. The number of hydrogen-bond donors (Lipinski definition) is 2. The number of hydrogen-bond acceptors (Lipinski definition) is 3. The Hall–Kier alpha value is -2.33. The number of hydrazine groups is 1. The van der Waals surface area contributed by atoms with Crippen LogP contribution in [-0.2, 0) is 0 Å². The van der Waals surface area contributed by atoms with E-state index in [1.54, 1.807) is 0 Å². The average molecular weight is 282 g/mol. The molecule has 2 N–H and O–H groups in total. The predicted molar refractivity (Wildman–Crippen MR) is 84.1 cm³/mol. The van der Waals surface area contributed by atoms with Crippen molar-refractivity contribution < 1.29 is 4.79 Å². The molecule has 0 saturated heterocycles. The maximum atomic E-state index is 12.2. The Bertz CT molecular complexity index is 750. The first-order chi connectivity index (χ1) is 9.75. The van der Waals surface area contributed by atoms with Gasteiger partial charge in [-0.05, 0) is 36.1 Å². The fourth-order valence-electron chi connectivity index (χ4n) is 2.10. The van der Waals surface area contributed by atoms with Gasteiger partial charge < -0.3 is 0 Å². The number of fused-ring (bicyclic) bond motifs is 1. The van der Waals surface area contributed by atoms with Gasteiger partial charge in [0.25, 0.3) is 5.91 Å². The van der Waals surface area contributed by atoms with Gasteiger partial charge >= 0.3 is 0 Å². The number of benzene rings is 2. The van der Waals surface area contributed by atoms with Crippen LogP contribution in [0.15, 0.2) is 54.6 Å². The van der Waals surface area contributed by atoms with Crippen LogP contribution in [0.1, 0.15) is 15.2 Å². The Morgan fingerprint density at radius 1 is 1.00 bits per heavy atom. The molecule has 1 aromatic heterocycles. The van der Waals surface area contributed by atoms with E-state index in [1.807, 2.05) is 61.5 Å². The molecule has 100 valence electrons. The first-order valence-corrected chi connectivity index (χ1v) is 7.17. The normalized spacial score (nSPS) is 10.4. The van der Waals surface area contributed by atoms with Gasteiger partial charge in [-0.3, -0.25) is 15.6 Å². The fourth-order valence-corrected chi connectivity index (χ4v) is 3.20. The van der Waals surface area contributed by atoms with Crippen molar-refractivity contribution in [3.8, 4) is 0 Å². The smallest absolute Gasteiger partial charge is 0.279 e. The van der Waals surface area contributed by atoms with Crippen LogP contribution in [0.25, 0.3) is 10.1 Å². The van der Waals surface area contributed by atoms with Crippen LogP contribution in [0.3, 0.4) is 0 Å². The molecule has 0 aliphatic rings. The summed E-state index contributed by atoms with van der Waals surface area (Å²) in [6, 6.07) is 17.6. The maximum absolute atomic E-state index is 12.2. The van der Waals surface area contributed by atoms with Crippen molar-refractivity contribution in [1.29, 1.82) is 0 Å². The monoisotopic (exact) mass is 282 g/mol. The molecule has 0 fully saturated rings. The largest absolute Gasteiger partial charge is 0.298 e. The Morgan fingerprint density at radius 2 is 1.70 bits per heavy atom. The molecular weight excluding hydrogens is 268 g/mol. The number of rotatable bonds is 3. The quantitative estimate of drug-likeness (QED) is 0.714. The molecule has 3 rings (SSSR count). The van der Waals surface area contributed by atoms with E-state index in [1.165, 1.54) is 11.3 Å². The molecule has 0 spiro atoms. The second-order valence-corrected chi connectivity index (χ2v) is 5.55. The van der Waals surface area contributed by atoms with Gasteiger partial charge in [0.05, 0.1) is 10.6 Å². The Labute approximate surface area is 121 Å². The van der Waals surface area contributed by atoms with E-state index in [-0.39, 0.29) is 5.91 Å². The number of aryl methyl sites for hydroxylation is 1. The van der Waals surface area contributed by atoms with Gasteiger partial charge in [0.1, 0.15) is 0 Å². The van der Waals surface area contributed by atoms with Crippen LogP contribution in [0, 0.1) is 6.92 Å². The summed E-state index contributed by atoms with van der Waals surface area (Å²) in [6.07, 6.45) is 0. The lowest BCUT2D eigenvalue weighted by atomic mass is 10.1. The lowest BCUT2D eigenvalue weighted by molar-refractivity contribution is 0.0966. The minimum Gasteiger partial charge on any atom is -0.298 e. The van der Waals surface area contributed by atoms with Crippen molar-refractivity contribution in [2.45, 2.75) is 6.92 Å². The summed E-state index contributed by atoms with van der Waals surface area (Å²) in [5.74, 6) is -0.104. The molecular formula is C16H14N2OS. The summed E-state index contributed by atoms with van der Waals surface area (Å²) in [5.41, 5.74) is 7.55. The fraction of sp³-hybridized carbons (Fsp3) is 0.0625. The molecule has 0 radical (unpaired) electrons. The topological polar surface area (TPSA) is 41.1 Å². The van der Waals surface area contributed by atoms with Crippen molar-refractivity contribution in [2.24, 2.45) is 0 Å². The summed E-state index contributed by atoms with van der Waals surface area (Å²) in [7, 11) is 0. The lowest BCUT2D eigenvalue weighted by Crippen LogP contribution is -2.29. The highest BCUT2D eigenvalue weighted by molar-refractivity contribution is 7.21. The standard InChI is InChI=1S/C16H14N2OS/c1-11-13-9-5-6-10-14(13)20-15(11)16(19)18-17-12-7-3-2-4-8-12/h2-10,17H,1H3,(H,18,19). The van der Waals surface area contributed by atoms with Crippen molar-refractivity contribution in [3.63, 3.8) is 0 Å². The molecule has 2 aromatic carbocycles. The Kier molecular flexibility index (Phi) is 3.39. The van der Waals surface area contributed by atoms with Gasteiger partial charge in [0.15, 0.2) is 0 Å². The number of carbonyl (C=O) groups excluding carboxylic acids is 1. The zero-order chi connectivity index (χ0) is 13.9. The Balaban J connectivity index is 1.81. The molecule has 0 saturated carbocycles. The van der Waals surface area contributed by atoms with Crippen molar-refractivity contribution >= 4 is 33.0 Å². The van der Waals surface area contributed by atoms with E-state index >= 15 is 0 Å². The second-order valence-electron chi connectivity index (χ2n) is 4.50. The summed E-state index contributed by atoms with van der Waals surface area (Å²) in [4.78, 5) is 13.0. The van der Waals surface area contributed by atoms with Crippen LogP contribution in [0.5, 0.6) is 0 Å². The van der Waals surface area contributed by atoms with E-state index in [2.05, 4.69) is 10.9 Å². The lowest BCUT2D eigenvalue weighted by Gasteiger charge is -2.07. The van der Waals surface area contributed by atoms with Gasteiger partial charge in [0, 0.05) is 4.70 Å². The summed E-state index contributed by atoms with van der Waals surface area (Å²) in [6.45, 7) is 1.98. The van der Waals surface area contributed by atoms with Gasteiger partial charge in [-0.15, -0.1) is 11.3 Å². The minimum absolute atomic E-state index is 0.104. The average Bonchev–Trinajstić information content (AvgIpc) is 2.84. The molecule has 0 atom stereocenters. The highest BCUT2D eigenvalue weighted by atomic mass is 32.1. The van der Waals surface area contributed by atoms with Gasteiger partial charge in [-0.25, -0.2) is 0 Å². The van der Waals surface area contributed by atoms with Crippen molar-refractivity contribution in [1.82, 2.24) is 5.43 Å². The zero-order valence-electron chi connectivity index (χ0n) is 11.0. The van der Waals surface area contributed by atoms with E-state index in [9.17, 15) is 4.79 Å². The third kappa shape index (κ3) is 2.38. The van der Waals surface area contributed by atoms with Gasteiger partial charge in [0.2, 0.25) is 0 Å². The van der Waals surface area contributed by atoms with E-state index in [0.717, 1.165) is 26.2 Å². The number of thiophene rings is 1. The zero-order valence-corrected chi connectivity index (χ0v) is 11.8. The van der Waals surface area contributed by atoms with Crippen LogP contribution in [-0.4, -0.2) is 5.91 Å². The molecule has 20 heavy (non-hydrogen) atoms. The molecule has 4 heteroatoms. The van der Waals surface area contributed by atoms with Crippen molar-refractivity contribution in [3.05, 3.63) is 65.0 Å². The molecule has 3 aromatic rings. The molecule has 3 nitrogen and oxygen atoms in total. The van der Waals surface area contributed by atoms with E-state index in [0.29, 0.717) is 0 Å². The predicted octanol–water partition coefficient (Wildman–Crippen LogP) is 3.97. The number of carbonyl (C=O) groups is 1. The van der Waals surface area contributed by atoms with Crippen LogP contribution in [0.4, 0.5) is 5.69 Å². The molecule has 0 unspecified atom stereocenters. The number of amides is 1. The number of nitrogens with one attached hydrogen (secondary N) is 2. The molecule has 0 aliphatic carbocycles. The minimum atomic E-state index is -0.104. The van der Waals surface area contributed by atoms with E-state index < -0.39 is 0 Å². The SMILES string of the molecule is Cc1c(C(=O)NNc2ccccc2)sc2ccccc12. The summed E-state index contributed by atoms with van der Waals surface area (Å²) >= 11 is 1.52. The maximum Gasteiger partial charge on any atom is 0.279 e. The molecule has 1 amide bonds. The van der Waals surface area contributed by atoms with Crippen LogP contribution < -0.4 is 10.9 Å².